The molecule has 2 nitrogen and oxygen atoms in total. The van der Waals surface area contributed by atoms with Crippen LogP contribution in [0.1, 0.15) is 50.3 Å². The van der Waals surface area contributed by atoms with Gasteiger partial charge in [-0.2, -0.15) is 13.2 Å². The summed E-state index contributed by atoms with van der Waals surface area (Å²) in [6.45, 7) is 4.12. The molecule has 22 heavy (non-hydrogen) atoms. The number of hydrogen-bond acceptors (Lipinski definition) is 2. The Balaban J connectivity index is 2.25. The van der Waals surface area contributed by atoms with Crippen LogP contribution in [-0.4, -0.2) is 5.71 Å². The molecule has 0 fully saturated rings. The van der Waals surface area contributed by atoms with Crippen LogP contribution in [0.5, 0.6) is 0 Å². The van der Waals surface area contributed by atoms with Gasteiger partial charge in [0, 0.05) is 27.9 Å². The molecule has 1 aliphatic rings. The van der Waals surface area contributed by atoms with Gasteiger partial charge in [0.25, 0.3) is 0 Å². The van der Waals surface area contributed by atoms with Crippen molar-refractivity contribution in [2.75, 3.05) is 0 Å². The zero-order valence-corrected chi connectivity index (χ0v) is 13.7. The summed E-state index contributed by atoms with van der Waals surface area (Å²) in [4.78, 5) is 5.36. The Labute approximate surface area is 137 Å². The summed E-state index contributed by atoms with van der Waals surface area (Å²) in [6.07, 6.45) is -2.66. The topological polar surface area (TPSA) is 21.6 Å². The molecule has 0 spiro atoms. The highest BCUT2D eigenvalue weighted by Gasteiger charge is 2.35. The fourth-order valence-electron chi connectivity index (χ4n) is 2.61. The van der Waals surface area contributed by atoms with Crippen molar-refractivity contribution < 1.29 is 18.0 Å². The van der Waals surface area contributed by atoms with Crippen molar-refractivity contribution in [3.63, 3.8) is 0 Å². The zero-order valence-electron chi connectivity index (χ0n) is 12.2. The van der Waals surface area contributed by atoms with E-state index in [-0.39, 0.29) is 10.0 Å². The Bertz CT molecular complexity index is 560. The molecule has 0 saturated heterocycles. The summed E-state index contributed by atoms with van der Waals surface area (Å²) in [6, 6.07) is 1.75. The van der Waals surface area contributed by atoms with Crippen LogP contribution in [0.25, 0.3) is 0 Å². The molecule has 0 aliphatic carbocycles. The van der Waals surface area contributed by atoms with Crippen LogP contribution in [0.15, 0.2) is 17.3 Å². The van der Waals surface area contributed by atoms with Crippen molar-refractivity contribution in [3.8, 4) is 0 Å². The summed E-state index contributed by atoms with van der Waals surface area (Å²) in [7, 11) is 0. The van der Waals surface area contributed by atoms with Crippen LogP contribution in [0.4, 0.5) is 13.2 Å². The quantitative estimate of drug-likeness (QED) is 0.625. The molecule has 1 aromatic carbocycles. The van der Waals surface area contributed by atoms with Crippen LogP contribution in [-0.2, 0) is 11.0 Å². The van der Waals surface area contributed by atoms with Crippen molar-refractivity contribution in [2.45, 2.75) is 45.4 Å². The van der Waals surface area contributed by atoms with Gasteiger partial charge in [0.15, 0.2) is 6.10 Å². The van der Waals surface area contributed by atoms with E-state index >= 15 is 0 Å². The van der Waals surface area contributed by atoms with E-state index in [2.05, 4.69) is 19.0 Å². The fourth-order valence-corrected chi connectivity index (χ4v) is 3.34. The van der Waals surface area contributed by atoms with Crippen LogP contribution in [0, 0.1) is 5.92 Å². The third-order valence-corrected chi connectivity index (χ3v) is 4.50. The minimum Gasteiger partial charge on any atom is -0.387 e. The van der Waals surface area contributed by atoms with Crippen molar-refractivity contribution in [1.82, 2.24) is 0 Å². The first-order valence-corrected chi connectivity index (χ1v) is 7.82. The maximum absolute atomic E-state index is 12.7. The molecule has 1 aromatic rings. The van der Waals surface area contributed by atoms with Crippen LogP contribution in [0.3, 0.4) is 0 Å². The van der Waals surface area contributed by atoms with E-state index in [4.69, 9.17) is 28.0 Å². The van der Waals surface area contributed by atoms with E-state index < -0.39 is 17.8 Å². The first-order valence-electron chi connectivity index (χ1n) is 7.06. The molecule has 0 radical (unpaired) electrons. The molecule has 0 amide bonds. The van der Waals surface area contributed by atoms with E-state index in [9.17, 15) is 13.2 Å². The van der Waals surface area contributed by atoms with Crippen LogP contribution >= 0.6 is 23.2 Å². The molecule has 1 unspecified atom stereocenters. The zero-order chi connectivity index (χ0) is 16.5. The summed E-state index contributed by atoms with van der Waals surface area (Å²) >= 11 is 12.0. The molecule has 0 aromatic heterocycles. The number of alkyl halides is 3. The second kappa shape index (κ2) is 6.67. The Morgan fingerprint density at radius 2 is 1.77 bits per heavy atom. The van der Waals surface area contributed by atoms with E-state index in [1.54, 1.807) is 0 Å². The third kappa shape index (κ3) is 3.51. The monoisotopic (exact) mass is 353 g/mol. The predicted octanol–water partition coefficient (Wildman–Crippen LogP) is 6.27. The van der Waals surface area contributed by atoms with Crippen molar-refractivity contribution >= 4 is 28.9 Å². The van der Waals surface area contributed by atoms with Gasteiger partial charge in [-0.15, -0.1) is 0 Å². The second-order valence-electron chi connectivity index (χ2n) is 5.25. The summed E-state index contributed by atoms with van der Waals surface area (Å²) in [5.41, 5.74) is 0.397. The first kappa shape index (κ1) is 17.4. The molecule has 0 bridgehead atoms. The largest absolute Gasteiger partial charge is 0.416 e. The molecule has 0 N–H and O–H groups in total. The number of oxime groups is 1. The van der Waals surface area contributed by atoms with Gasteiger partial charge < -0.3 is 4.84 Å². The highest BCUT2D eigenvalue weighted by Crippen LogP contribution is 2.42. The van der Waals surface area contributed by atoms with Crippen molar-refractivity contribution in [1.29, 1.82) is 0 Å². The number of benzene rings is 1. The molecule has 2 rings (SSSR count). The Morgan fingerprint density at radius 3 is 2.23 bits per heavy atom. The molecule has 0 saturated carbocycles. The van der Waals surface area contributed by atoms with Gasteiger partial charge in [0.1, 0.15) is 0 Å². The van der Waals surface area contributed by atoms with E-state index in [0.717, 1.165) is 30.7 Å². The summed E-state index contributed by atoms with van der Waals surface area (Å²) in [5, 5.41) is 3.97. The minimum absolute atomic E-state index is 0.0502. The second-order valence-corrected chi connectivity index (χ2v) is 6.06. The van der Waals surface area contributed by atoms with Gasteiger partial charge in [-0.25, -0.2) is 0 Å². The minimum atomic E-state index is -4.49. The van der Waals surface area contributed by atoms with Gasteiger partial charge in [-0.3, -0.25) is 0 Å². The van der Waals surface area contributed by atoms with Gasteiger partial charge in [0.2, 0.25) is 0 Å². The molecule has 7 heteroatoms. The number of nitrogens with zero attached hydrogens (tertiary/aromatic N) is 1. The third-order valence-electron chi connectivity index (χ3n) is 3.88. The first-order chi connectivity index (χ1) is 10.3. The smallest absolute Gasteiger partial charge is 0.387 e. The normalized spacial score (nSPS) is 18.5. The number of rotatable bonds is 4. The SMILES string of the molecule is CCC(CC)C1=NOC(c2c(Cl)cc(C(F)(F)F)cc2Cl)C1. The molecule has 122 valence electrons. The Hall–Kier alpha value is -0.940. The lowest BCUT2D eigenvalue weighted by Gasteiger charge is -2.16. The van der Waals surface area contributed by atoms with Gasteiger partial charge in [-0.05, 0) is 25.0 Å². The maximum Gasteiger partial charge on any atom is 0.416 e. The molecular weight excluding hydrogens is 338 g/mol. The lowest BCUT2D eigenvalue weighted by Crippen LogP contribution is -2.12. The standard InChI is InChI=1S/C15H16Cl2F3NO/c1-3-8(4-2)12-7-13(22-21-12)14-10(16)5-9(6-11(14)17)15(18,19)20/h5-6,8,13H,3-4,7H2,1-2H3. The van der Waals surface area contributed by atoms with Gasteiger partial charge in [0.05, 0.1) is 11.3 Å². The van der Waals surface area contributed by atoms with Gasteiger partial charge in [-0.1, -0.05) is 42.2 Å². The van der Waals surface area contributed by atoms with Crippen LogP contribution in [0.2, 0.25) is 10.0 Å². The Morgan fingerprint density at radius 1 is 1.23 bits per heavy atom. The van der Waals surface area contributed by atoms with E-state index in [1.807, 2.05) is 0 Å². The van der Waals surface area contributed by atoms with Crippen LogP contribution < -0.4 is 0 Å². The maximum atomic E-state index is 12.7. The fraction of sp³-hybridized carbons (Fsp3) is 0.533. The lowest BCUT2D eigenvalue weighted by molar-refractivity contribution is -0.137. The molecule has 1 heterocycles. The van der Waals surface area contributed by atoms with Gasteiger partial charge >= 0.3 is 6.18 Å². The van der Waals surface area contributed by atoms with Crippen molar-refractivity contribution in [2.24, 2.45) is 11.1 Å². The van der Waals surface area contributed by atoms with Crippen molar-refractivity contribution in [3.05, 3.63) is 33.3 Å². The number of hydrogen-bond donors (Lipinski definition) is 0. The highest BCUT2D eigenvalue weighted by molar-refractivity contribution is 6.36. The number of halogens is 5. The average Bonchev–Trinajstić information content (AvgIpc) is 2.87. The Kier molecular flexibility index (Phi) is 5.28. The molecule has 1 atom stereocenters. The highest BCUT2D eigenvalue weighted by atomic mass is 35.5. The average molecular weight is 354 g/mol. The predicted molar refractivity (Wildman–Crippen MR) is 81.4 cm³/mol. The van der Waals surface area contributed by atoms with E-state index in [0.29, 0.717) is 17.9 Å². The lowest BCUT2D eigenvalue weighted by atomic mass is 9.92. The molecular formula is C15H16Cl2F3NO. The van der Waals surface area contributed by atoms with E-state index in [1.165, 1.54) is 0 Å². The molecule has 1 aliphatic heterocycles. The summed E-state index contributed by atoms with van der Waals surface area (Å²) < 4.78 is 38.2. The summed E-state index contributed by atoms with van der Waals surface area (Å²) in [5.74, 6) is 0.303.